The smallest absolute Gasteiger partial charge is 0.143 e. The Hall–Kier alpha value is -2.44. The molecule has 1 N–H and O–H groups in total. The number of rotatable bonds is 5. The first-order chi connectivity index (χ1) is 12.8. The number of thiophene rings is 1. The van der Waals surface area contributed by atoms with Gasteiger partial charge in [-0.1, -0.05) is 24.3 Å². The number of benzene rings is 2. The van der Waals surface area contributed by atoms with Crippen molar-refractivity contribution in [2.45, 2.75) is 6.92 Å². The molecule has 4 aromatic rings. The number of hydrogen-bond donors (Lipinski definition) is 1. The van der Waals surface area contributed by atoms with Crippen LogP contribution in [0, 0.1) is 0 Å². The maximum absolute atomic E-state index is 5.54. The molecule has 130 valence electrons. The molecule has 0 atom stereocenters. The van der Waals surface area contributed by atoms with E-state index in [0.717, 1.165) is 43.1 Å². The van der Waals surface area contributed by atoms with E-state index < -0.39 is 0 Å². The van der Waals surface area contributed by atoms with Crippen LogP contribution in [0.4, 0.5) is 11.5 Å². The highest BCUT2D eigenvalue weighted by atomic mass is 79.9. The Balaban J connectivity index is 1.78. The van der Waals surface area contributed by atoms with Crippen molar-refractivity contribution in [2.75, 3.05) is 11.9 Å². The second kappa shape index (κ2) is 7.43. The fraction of sp³-hybridized carbons (Fsp3) is 0.100. The first-order valence-corrected chi connectivity index (χ1v) is 9.90. The number of ether oxygens (including phenoxy) is 1. The van der Waals surface area contributed by atoms with Crippen LogP contribution in [0.5, 0.6) is 5.75 Å². The van der Waals surface area contributed by atoms with Crippen molar-refractivity contribution in [2.24, 2.45) is 0 Å². The number of anilines is 2. The van der Waals surface area contributed by atoms with Crippen molar-refractivity contribution in [1.29, 1.82) is 0 Å². The minimum Gasteiger partial charge on any atom is -0.494 e. The van der Waals surface area contributed by atoms with Crippen LogP contribution in [0.25, 0.3) is 21.3 Å². The number of nitrogens with one attached hydrogen (secondary N) is 1. The summed E-state index contributed by atoms with van der Waals surface area (Å²) in [5, 5.41) is 6.58. The van der Waals surface area contributed by atoms with Gasteiger partial charge >= 0.3 is 0 Å². The highest BCUT2D eigenvalue weighted by molar-refractivity contribution is 9.10. The zero-order valence-corrected chi connectivity index (χ0v) is 16.5. The third kappa shape index (κ3) is 3.30. The van der Waals surface area contributed by atoms with Gasteiger partial charge in [0.15, 0.2) is 0 Å². The summed E-state index contributed by atoms with van der Waals surface area (Å²) in [6.07, 6.45) is 1.60. The van der Waals surface area contributed by atoms with Crippen molar-refractivity contribution in [3.8, 4) is 16.9 Å². The van der Waals surface area contributed by atoms with E-state index in [0.29, 0.717) is 6.61 Å². The Morgan fingerprint density at radius 1 is 1.08 bits per heavy atom. The minimum absolute atomic E-state index is 0.661. The Morgan fingerprint density at radius 3 is 2.65 bits per heavy atom. The lowest BCUT2D eigenvalue weighted by Crippen LogP contribution is -1.96. The molecule has 4 nitrogen and oxygen atoms in total. The zero-order chi connectivity index (χ0) is 17.9. The lowest BCUT2D eigenvalue weighted by molar-refractivity contribution is 0.340. The van der Waals surface area contributed by atoms with Crippen LogP contribution in [0.2, 0.25) is 0 Å². The van der Waals surface area contributed by atoms with E-state index in [4.69, 9.17) is 4.74 Å². The molecule has 0 bridgehead atoms. The quantitative estimate of drug-likeness (QED) is 0.409. The van der Waals surface area contributed by atoms with E-state index in [1.54, 1.807) is 17.7 Å². The molecule has 26 heavy (non-hydrogen) atoms. The Bertz CT molecular complexity index is 1050. The molecule has 6 heteroatoms. The molecule has 0 saturated heterocycles. The molecule has 0 radical (unpaired) electrons. The largest absolute Gasteiger partial charge is 0.494 e. The molecule has 0 spiro atoms. The van der Waals surface area contributed by atoms with Crippen LogP contribution >= 0.6 is 27.3 Å². The van der Waals surface area contributed by atoms with E-state index in [1.165, 1.54) is 0 Å². The molecule has 0 unspecified atom stereocenters. The molecule has 0 saturated carbocycles. The summed E-state index contributed by atoms with van der Waals surface area (Å²) >= 11 is 5.20. The van der Waals surface area contributed by atoms with Crippen molar-refractivity contribution < 1.29 is 4.74 Å². The van der Waals surface area contributed by atoms with Gasteiger partial charge in [0, 0.05) is 15.4 Å². The maximum Gasteiger partial charge on any atom is 0.143 e. The summed E-state index contributed by atoms with van der Waals surface area (Å²) in [7, 11) is 0. The van der Waals surface area contributed by atoms with Gasteiger partial charge in [-0.2, -0.15) is 0 Å². The Morgan fingerprint density at radius 2 is 1.88 bits per heavy atom. The van der Waals surface area contributed by atoms with Gasteiger partial charge in [0.25, 0.3) is 0 Å². The lowest BCUT2D eigenvalue weighted by Gasteiger charge is -2.10. The van der Waals surface area contributed by atoms with E-state index >= 15 is 0 Å². The first kappa shape index (κ1) is 17.0. The minimum atomic E-state index is 0.661. The average molecular weight is 426 g/mol. The number of nitrogens with zero attached hydrogens (tertiary/aromatic N) is 2. The predicted molar refractivity (Wildman–Crippen MR) is 111 cm³/mol. The number of halogens is 1. The van der Waals surface area contributed by atoms with Gasteiger partial charge in [-0.05, 0) is 52.7 Å². The van der Waals surface area contributed by atoms with Crippen LogP contribution in [0.1, 0.15) is 6.92 Å². The summed E-state index contributed by atoms with van der Waals surface area (Å²) in [5.74, 6) is 1.67. The third-order valence-electron chi connectivity index (χ3n) is 3.97. The van der Waals surface area contributed by atoms with Crippen LogP contribution in [0.15, 0.2) is 64.7 Å². The number of aromatic nitrogens is 2. The summed E-state index contributed by atoms with van der Waals surface area (Å²) in [6.45, 7) is 2.64. The predicted octanol–water partition coefficient (Wildman–Crippen LogP) is 6.26. The molecular formula is C20H16BrN3OS. The van der Waals surface area contributed by atoms with Crippen molar-refractivity contribution in [3.63, 3.8) is 0 Å². The summed E-state index contributed by atoms with van der Waals surface area (Å²) < 4.78 is 6.53. The lowest BCUT2D eigenvalue weighted by atomic mass is 10.1. The molecular weight excluding hydrogens is 410 g/mol. The Labute approximate surface area is 164 Å². The number of fused-ring (bicyclic) bond motifs is 1. The van der Waals surface area contributed by atoms with Crippen LogP contribution in [-0.4, -0.2) is 16.6 Å². The van der Waals surface area contributed by atoms with Crippen LogP contribution in [0.3, 0.4) is 0 Å². The van der Waals surface area contributed by atoms with Crippen molar-refractivity contribution >= 4 is 49.0 Å². The summed E-state index contributed by atoms with van der Waals surface area (Å²) in [4.78, 5) is 9.87. The number of hydrogen-bond acceptors (Lipinski definition) is 5. The highest BCUT2D eigenvalue weighted by Gasteiger charge is 2.14. The Kier molecular flexibility index (Phi) is 4.86. The van der Waals surface area contributed by atoms with Gasteiger partial charge in [0.1, 0.15) is 22.7 Å². The fourth-order valence-electron chi connectivity index (χ4n) is 2.77. The molecule has 2 aromatic heterocycles. The van der Waals surface area contributed by atoms with E-state index in [2.05, 4.69) is 48.7 Å². The summed E-state index contributed by atoms with van der Waals surface area (Å²) in [5.41, 5.74) is 3.20. The molecule has 0 amide bonds. The van der Waals surface area contributed by atoms with Gasteiger partial charge < -0.3 is 10.1 Å². The monoisotopic (exact) mass is 425 g/mol. The van der Waals surface area contributed by atoms with E-state index in [1.807, 2.05) is 43.3 Å². The van der Waals surface area contributed by atoms with Gasteiger partial charge in [-0.25, -0.2) is 9.97 Å². The van der Waals surface area contributed by atoms with Gasteiger partial charge in [0.05, 0.1) is 17.7 Å². The average Bonchev–Trinajstić information content (AvgIpc) is 3.10. The van der Waals surface area contributed by atoms with Crippen molar-refractivity contribution in [3.05, 3.63) is 64.7 Å². The topological polar surface area (TPSA) is 47.0 Å². The van der Waals surface area contributed by atoms with Gasteiger partial charge in [-0.15, -0.1) is 11.3 Å². The second-order valence-electron chi connectivity index (χ2n) is 5.61. The molecule has 0 aliphatic heterocycles. The molecule has 0 aliphatic carbocycles. The molecule has 2 aromatic carbocycles. The van der Waals surface area contributed by atoms with Gasteiger partial charge in [0.2, 0.25) is 0 Å². The van der Waals surface area contributed by atoms with Crippen molar-refractivity contribution in [1.82, 2.24) is 9.97 Å². The van der Waals surface area contributed by atoms with Crippen LogP contribution in [-0.2, 0) is 0 Å². The third-order valence-corrected chi connectivity index (χ3v) is 5.55. The molecule has 4 rings (SSSR count). The van der Waals surface area contributed by atoms with E-state index in [-0.39, 0.29) is 0 Å². The van der Waals surface area contributed by atoms with Crippen LogP contribution < -0.4 is 10.1 Å². The van der Waals surface area contributed by atoms with E-state index in [9.17, 15) is 0 Å². The second-order valence-corrected chi connectivity index (χ2v) is 7.33. The van der Waals surface area contributed by atoms with Gasteiger partial charge in [-0.3, -0.25) is 0 Å². The fourth-order valence-corrected chi connectivity index (χ4v) is 4.07. The normalized spacial score (nSPS) is 10.8. The summed E-state index contributed by atoms with van der Waals surface area (Å²) in [6, 6.07) is 16.1. The molecule has 0 aliphatic rings. The molecule has 0 fully saturated rings. The first-order valence-electron chi connectivity index (χ1n) is 8.23. The zero-order valence-electron chi connectivity index (χ0n) is 14.1. The SMILES string of the molecule is CCOc1ccc(-c2csc3ncnc(Nc4ccccc4Br)c23)cc1. The number of para-hydroxylation sites is 1. The standard InChI is InChI=1S/C20H16BrN3OS/c1-2-25-14-9-7-13(8-10-14)15-11-26-20-18(15)19(22-12-23-20)24-17-6-4-3-5-16(17)21/h3-12H,2H2,1H3,(H,22,23,24). The highest BCUT2D eigenvalue weighted by Crippen LogP contribution is 2.38. The molecule has 2 heterocycles. The maximum atomic E-state index is 5.54.